The molecule has 1 aliphatic carbocycles. The molecule has 0 fully saturated rings. The van der Waals surface area contributed by atoms with E-state index in [1.165, 1.54) is 44.5 Å². The highest BCUT2D eigenvalue weighted by molar-refractivity contribution is 6.12. The van der Waals surface area contributed by atoms with Gasteiger partial charge in [-0.15, -0.1) is 0 Å². The van der Waals surface area contributed by atoms with Gasteiger partial charge in [-0.2, -0.15) is 0 Å². The Morgan fingerprint density at radius 2 is 0.642 bits per heavy atom. The maximum Gasteiger partial charge on any atom is 0.236 e. The number of imidazole rings is 4. The average Bonchev–Trinajstić information content (AvgIpc) is 1.51. The number of hydrogen-bond acceptors (Lipinski definition) is 2. The second-order valence-corrected chi connectivity index (χ2v) is 33.4. The fourth-order valence-corrected chi connectivity index (χ4v) is 16.9. The molecule has 0 aliphatic heterocycles. The van der Waals surface area contributed by atoms with Crippen molar-refractivity contribution >= 4 is 83.2 Å². The van der Waals surface area contributed by atoms with Gasteiger partial charge in [-0.3, -0.25) is 17.9 Å². The molecule has 1 aliphatic rings. The number of rotatable bonds is 8. The Kier molecular flexibility index (Phi) is 14.2. The van der Waals surface area contributed by atoms with Crippen LogP contribution in [-0.2, 0) is 21.7 Å². The topological polar surface area (TPSA) is 53.8 Å². The van der Waals surface area contributed by atoms with Crippen LogP contribution in [0.25, 0.3) is 155 Å². The monoisotopic (exact) mass is 1370 g/mol. The smallest absolute Gasteiger partial charge is 0.236 e. The summed E-state index contributed by atoms with van der Waals surface area (Å²) in [4.78, 5) is 17.0. The second-order valence-electron chi connectivity index (χ2n) is 33.4. The van der Waals surface area contributed by atoms with E-state index in [9.17, 15) is 6.57 Å². The van der Waals surface area contributed by atoms with Crippen molar-refractivity contribution in [3.05, 3.63) is 323 Å². The first-order chi connectivity index (χ1) is 51.0. The molecule has 0 bridgehead atoms. The summed E-state index contributed by atoms with van der Waals surface area (Å²) in [6, 6.07) is 101. The van der Waals surface area contributed by atoms with E-state index >= 15 is 0 Å². The summed E-state index contributed by atoms with van der Waals surface area (Å²) in [5.41, 5.74) is 31.2. The standard InChI is InChI=1S/C98H82N8/c1-95(2,3)67-38-42-71-73(54-67)74-55-68(96(4,5)6)39-43-72(74)89(71)77-58-88(103-82-46-36-65(61-30-22-16-23-31-61)52-86(82)104-84-50-63(59-26-18-14-19-27-59)34-44-78(84)100-93(103)104)92(102-80-48-40-69(97(7,8)9)56-75(80)76-57-70(98(10,11)12)41-49-81(76)102)90(99-13)91(77)106-83-47-37-66(62-32-24-17-25-33-62)53-87(83)105-85-51-64(60-28-20-15-21-29-60)35-45-79(85)101-94(105)106/h14-58,89H,1-12H3. The first-order valence-electron chi connectivity index (χ1n) is 37.2. The highest BCUT2D eigenvalue weighted by Gasteiger charge is 2.39. The maximum atomic E-state index is 10.6. The molecular formula is C98H82N8. The van der Waals surface area contributed by atoms with Gasteiger partial charge in [0.15, 0.2) is 0 Å². The Bertz CT molecular complexity index is 6580. The second kappa shape index (κ2) is 23.3. The van der Waals surface area contributed by atoms with Crippen LogP contribution in [0.4, 0.5) is 5.69 Å². The molecule has 0 radical (unpaired) electrons. The van der Waals surface area contributed by atoms with Crippen LogP contribution in [-0.4, -0.2) is 32.5 Å². The summed E-state index contributed by atoms with van der Waals surface area (Å²) >= 11 is 0. The van der Waals surface area contributed by atoms with Crippen LogP contribution < -0.4 is 0 Å². The number of aromatic nitrogens is 7. The van der Waals surface area contributed by atoms with Gasteiger partial charge in [0, 0.05) is 16.7 Å². The molecule has 0 unspecified atom stereocenters. The third kappa shape index (κ3) is 10.1. The first kappa shape index (κ1) is 64.5. The van der Waals surface area contributed by atoms with E-state index in [1.807, 2.05) is 0 Å². The van der Waals surface area contributed by atoms with Gasteiger partial charge >= 0.3 is 0 Å². The molecule has 18 aromatic rings. The zero-order chi connectivity index (χ0) is 72.6. The summed E-state index contributed by atoms with van der Waals surface area (Å²) in [5, 5.41) is 2.24. The highest BCUT2D eigenvalue weighted by Crippen LogP contribution is 2.56. The van der Waals surface area contributed by atoms with Crippen LogP contribution in [0.5, 0.6) is 0 Å². The van der Waals surface area contributed by atoms with E-state index in [0.717, 1.165) is 139 Å². The Hall–Kier alpha value is -12.3. The lowest BCUT2D eigenvalue weighted by Gasteiger charge is -2.27. The van der Waals surface area contributed by atoms with Crippen molar-refractivity contribution in [2.75, 3.05) is 0 Å². The molecule has 514 valence electrons. The summed E-state index contributed by atoms with van der Waals surface area (Å²) in [5.74, 6) is 1.04. The Labute approximate surface area is 618 Å². The lowest BCUT2D eigenvalue weighted by Crippen LogP contribution is -2.14. The lowest BCUT2D eigenvalue weighted by molar-refractivity contribution is 0.589. The van der Waals surface area contributed by atoms with Crippen LogP contribution in [0.15, 0.2) is 273 Å². The van der Waals surface area contributed by atoms with Crippen LogP contribution in [0.3, 0.4) is 0 Å². The minimum absolute atomic E-state index is 0.149. The maximum absolute atomic E-state index is 10.6. The number of benzene rings is 13. The molecule has 0 saturated heterocycles. The van der Waals surface area contributed by atoms with Crippen molar-refractivity contribution in [2.24, 2.45) is 0 Å². The molecule has 13 aromatic carbocycles. The highest BCUT2D eigenvalue weighted by atomic mass is 15.2. The predicted octanol–water partition coefficient (Wildman–Crippen LogP) is 25.8. The molecule has 5 aromatic heterocycles. The molecule has 0 atom stereocenters. The lowest BCUT2D eigenvalue weighted by atomic mass is 9.83. The molecule has 5 heterocycles. The molecule has 8 heteroatoms. The Morgan fingerprint density at radius 3 is 1.04 bits per heavy atom. The van der Waals surface area contributed by atoms with Crippen molar-refractivity contribution in [3.8, 4) is 72.7 Å². The van der Waals surface area contributed by atoms with E-state index in [0.29, 0.717) is 11.5 Å². The van der Waals surface area contributed by atoms with Crippen molar-refractivity contribution in [1.82, 2.24) is 32.5 Å². The third-order valence-corrected chi connectivity index (χ3v) is 22.6. The zero-order valence-corrected chi connectivity index (χ0v) is 62.1. The largest absolute Gasteiger partial charge is 0.317 e. The van der Waals surface area contributed by atoms with E-state index in [1.54, 1.807) is 0 Å². The van der Waals surface area contributed by atoms with Crippen LogP contribution in [0.2, 0.25) is 0 Å². The quantitative estimate of drug-likeness (QED) is 0.142. The van der Waals surface area contributed by atoms with E-state index in [4.69, 9.17) is 14.8 Å². The van der Waals surface area contributed by atoms with Crippen molar-refractivity contribution in [2.45, 2.75) is 111 Å². The van der Waals surface area contributed by atoms with E-state index in [-0.39, 0.29) is 21.7 Å². The Morgan fingerprint density at radius 1 is 0.292 bits per heavy atom. The number of nitrogens with zero attached hydrogens (tertiary/aromatic N) is 8. The fraction of sp³-hybridized carbons (Fsp3) is 0.173. The molecular weight excluding hydrogens is 1290 g/mol. The molecule has 0 amide bonds. The fourth-order valence-electron chi connectivity index (χ4n) is 16.9. The minimum atomic E-state index is -0.400. The number of hydrogen-bond donors (Lipinski definition) is 0. The Balaban J connectivity index is 1.05. The van der Waals surface area contributed by atoms with Gasteiger partial charge in [0.2, 0.25) is 17.2 Å². The van der Waals surface area contributed by atoms with Crippen LogP contribution >= 0.6 is 0 Å². The predicted molar refractivity (Wildman–Crippen MR) is 443 cm³/mol. The van der Waals surface area contributed by atoms with Crippen molar-refractivity contribution in [3.63, 3.8) is 0 Å². The average molecular weight is 1370 g/mol. The third-order valence-electron chi connectivity index (χ3n) is 22.6. The molecule has 19 rings (SSSR count). The van der Waals surface area contributed by atoms with Gasteiger partial charge < -0.3 is 4.57 Å². The first-order valence-corrected chi connectivity index (χ1v) is 37.2. The normalized spacial score (nSPS) is 13.0. The SMILES string of the molecule is [C-]#[N+]c1c(-n2c3ccc(C(C)(C)C)cc3c3cc(C(C)(C)C)ccc32)c(-n2c3ccc(-c4ccccc4)cc3n3c4cc(-c5ccccc5)ccc4nc23)cc(C2c3ccc(C(C)(C)C)cc3-c3cc(C(C)(C)C)ccc32)c1-n1c2ccc(-c3ccccc3)cc2n2c3cc(-c4ccccc4)ccc3nc12. The molecule has 0 N–H and O–H groups in total. The molecule has 0 spiro atoms. The summed E-state index contributed by atoms with van der Waals surface area (Å²) < 4.78 is 12.0. The van der Waals surface area contributed by atoms with Crippen LogP contribution in [0, 0.1) is 6.57 Å². The van der Waals surface area contributed by atoms with Gasteiger partial charge in [-0.25, -0.2) is 14.8 Å². The van der Waals surface area contributed by atoms with Crippen molar-refractivity contribution in [1.29, 1.82) is 0 Å². The van der Waals surface area contributed by atoms with Crippen molar-refractivity contribution < 1.29 is 0 Å². The molecule has 8 nitrogen and oxygen atoms in total. The molecule has 106 heavy (non-hydrogen) atoms. The van der Waals surface area contributed by atoms with E-state index < -0.39 is 5.92 Å². The van der Waals surface area contributed by atoms with Gasteiger partial charge in [0.1, 0.15) is 0 Å². The molecule has 0 saturated carbocycles. The van der Waals surface area contributed by atoms with E-state index in [2.05, 4.69) is 379 Å². The van der Waals surface area contributed by atoms with Crippen LogP contribution in [0.1, 0.15) is 128 Å². The zero-order valence-electron chi connectivity index (χ0n) is 62.1. The summed E-state index contributed by atoms with van der Waals surface area (Å²) in [7, 11) is 0. The van der Waals surface area contributed by atoms with Gasteiger partial charge in [0.05, 0.1) is 78.8 Å². The number of fused-ring (bicyclic) bond motifs is 16. The minimum Gasteiger partial charge on any atom is -0.317 e. The van der Waals surface area contributed by atoms with Gasteiger partial charge in [0.25, 0.3) is 0 Å². The summed E-state index contributed by atoms with van der Waals surface area (Å²) in [6.07, 6.45) is 0. The summed E-state index contributed by atoms with van der Waals surface area (Å²) in [6.45, 7) is 38.3. The van der Waals surface area contributed by atoms with Gasteiger partial charge in [-0.1, -0.05) is 277 Å². The van der Waals surface area contributed by atoms with Gasteiger partial charge in [-0.05, 0) is 195 Å².